The van der Waals surface area contributed by atoms with Gasteiger partial charge in [0.1, 0.15) is 11.6 Å². The number of nitrogens with one attached hydrogen (secondary N) is 1. The molecule has 1 heterocycles. The van der Waals surface area contributed by atoms with E-state index in [1.807, 2.05) is 0 Å². The van der Waals surface area contributed by atoms with E-state index in [-0.39, 0.29) is 21.8 Å². The molecule has 2 aromatic carbocycles. The van der Waals surface area contributed by atoms with E-state index in [4.69, 9.17) is 11.6 Å². The van der Waals surface area contributed by atoms with Crippen LogP contribution in [0.15, 0.2) is 41.2 Å². The summed E-state index contributed by atoms with van der Waals surface area (Å²) in [6.07, 6.45) is 0. The Kier molecular flexibility index (Phi) is 4.50. The number of aromatic nitrogens is 2. The lowest BCUT2D eigenvalue weighted by Crippen LogP contribution is -2.27. The van der Waals surface area contributed by atoms with Gasteiger partial charge in [0.15, 0.2) is 5.69 Å². The minimum absolute atomic E-state index is 0.0548. The van der Waals surface area contributed by atoms with Crippen LogP contribution >= 0.6 is 11.6 Å². The number of hydrogen-bond acceptors (Lipinski definition) is 3. The quantitative estimate of drug-likeness (QED) is 0.773. The van der Waals surface area contributed by atoms with E-state index >= 15 is 0 Å². The highest BCUT2D eigenvalue weighted by atomic mass is 35.5. The molecule has 3 rings (SSSR count). The molecular weight excluding hydrogens is 352 g/mol. The van der Waals surface area contributed by atoms with Crippen molar-refractivity contribution in [3.05, 3.63) is 69.0 Å². The van der Waals surface area contributed by atoms with E-state index < -0.39 is 23.0 Å². The normalized spacial score (nSPS) is 10.9. The van der Waals surface area contributed by atoms with Gasteiger partial charge in [-0.25, -0.2) is 8.78 Å². The zero-order valence-corrected chi connectivity index (χ0v) is 13.8. The van der Waals surface area contributed by atoms with Crippen LogP contribution in [0.25, 0.3) is 10.9 Å². The Morgan fingerprint density at radius 2 is 2.00 bits per heavy atom. The molecule has 0 radical (unpaired) electrons. The number of fused-ring (bicyclic) bond motifs is 1. The average Bonchev–Trinajstić information content (AvgIpc) is 2.59. The number of aryl methyl sites for hydroxylation is 1. The number of anilines is 1. The van der Waals surface area contributed by atoms with Gasteiger partial charge in [-0.1, -0.05) is 11.6 Å². The number of rotatable bonds is 3. The maximum Gasteiger partial charge on any atom is 0.280 e. The minimum Gasteiger partial charge on any atom is -0.320 e. The topological polar surface area (TPSA) is 64.0 Å². The molecule has 1 amide bonds. The maximum atomic E-state index is 13.5. The Morgan fingerprint density at radius 3 is 2.68 bits per heavy atom. The van der Waals surface area contributed by atoms with Crippen molar-refractivity contribution >= 4 is 34.1 Å². The number of benzene rings is 2. The highest BCUT2D eigenvalue weighted by molar-refractivity contribution is 6.31. The molecule has 0 saturated carbocycles. The van der Waals surface area contributed by atoms with Gasteiger partial charge in [0.2, 0.25) is 5.43 Å². The number of carbonyl (C=O) groups is 1. The smallest absolute Gasteiger partial charge is 0.280 e. The molecule has 0 aliphatic carbocycles. The summed E-state index contributed by atoms with van der Waals surface area (Å²) < 4.78 is 28.1. The second-order valence-electron chi connectivity index (χ2n) is 5.24. The molecule has 1 aromatic heterocycles. The van der Waals surface area contributed by atoms with Crippen LogP contribution in [0.4, 0.5) is 14.5 Å². The molecule has 25 heavy (non-hydrogen) atoms. The zero-order valence-electron chi connectivity index (χ0n) is 13.0. The molecule has 0 aliphatic rings. The molecule has 0 unspecified atom stereocenters. The van der Waals surface area contributed by atoms with Crippen molar-refractivity contribution in [3.63, 3.8) is 0 Å². The van der Waals surface area contributed by atoms with Gasteiger partial charge in [0, 0.05) is 12.2 Å². The van der Waals surface area contributed by atoms with Gasteiger partial charge in [0.05, 0.1) is 15.9 Å². The van der Waals surface area contributed by atoms with E-state index in [1.165, 1.54) is 28.9 Å². The summed E-state index contributed by atoms with van der Waals surface area (Å²) in [7, 11) is 0. The van der Waals surface area contributed by atoms with Crippen molar-refractivity contribution < 1.29 is 13.6 Å². The fourth-order valence-corrected chi connectivity index (χ4v) is 2.60. The SMILES string of the molecule is CCn1nc(C(=O)Nc2ccc(F)c(Cl)c2)c(=O)c2cc(F)ccc21. The first-order chi connectivity index (χ1) is 11.9. The summed E-state index contributed by atoms with van der Waals surface area (Å²) >= 11 is 5.67. The summed E-state index contributed by atoms with van der Waals surface area (Å²) in [5, 5.41) is 6.37. The summed E-state index contributed by atoms with van der Waals surface area (Å²) in [5.41, 5.74) is -0.444. The molecule has 0 atom stereocenters. The van der Waals surface area contributed by atoms with Crippen LogP contribution in [0.3, 0.4) is 0 Å². The van der Waals surface area contributed by atoms with E-state index in [2.05, 4.69) is 10.4 Å². The van der Waals surface area contributed by atoms with Crippen LogP contribution in [0, 0.1) is 11.6 Å². The van der Waals surface area contributed by atoms with Crippen LogP contribution in [-0.4, -0.2) is 15.7 Å². The number of halogens is 3. The van der Waals surface area contributed by atoms with E-state index in [1.54, 1.807) is 6.92 Å². The van der Waals surface area contributed by atoms with Gasteiger partial charge in [0.25, 0.3) is 5.91 Å². The third kappa shape index (κ3) is 3.23. The molecule has 0 bridgehead atoms. The number of nitrogens with zero attached hydrogens (tertiary/aromatic N) is 2. The van der Waals surface area contributed by atoms with Gasteiger partial charge < -0.3 is 5.32 Å². The Bertz CT molecular complexity index is 1050. The number of hydrogen-bond donors (Lipinski definition) is 1. The van der Waals surface area contributed by atoms with Crippen LogP contribution in [-0.2, 0) is 6.54 Å². The van der Waals surface area contributed by atoms with Gasteiger partial charge in [-0.15, -0.1) is 0 Å². The molecule has 0 spiro atoms. The van der Waals surface area contributed by atoms with Crippen molar-refractivity contribution in [2.24, 2.45) is 0 Å². The predicted octanol–water partition coefficient (Wildman–Crippen LogP) is 3.60. The molecule has 1 N–H and O–H groups in total. The first-order valence-corrected chi connectivity index (χ1v) is 7.75. The largest absolute Gasteiger partial charge is 0.320 e. The van der Waals surface area contributed by atoms with Crippen LogP contribution < -0.4 is 10.7 Å². The van der Waals surface area contributed by atoms with E-state index in [9.17, 15) is 18.4 Å². The van der Waals surface area contributed by atoms with Crippen LogP contribution in [0.5, 0.6) is 0 Å². The third-order valence-electron chi connectivity index (χ3n) is 3.61. The van der Waals surface area contributed by atoms with Crippen LogP contribution in [0.2, 0.25) is 5.02 Å². The molecule has 0 aliphatic heterocycles. The van der Waals surface area contributed by atoms with Crippen molar-refractivity contribution in [1.29, 1.82) is 0 Å². The minimum atomic E-state index is -0.791. The predicted molar refractivity (Wildman–Crippen MR) is 91.0 cm³/mol. The lowest BCUT2D eigenvalue weighted by atomic mass is 10.2. The monoisotopic (exact) mass is 363 g/mol. The number of amides is 1. The molecule has 3 aromatic rings. The summed E-state index contributed by atoms with van der Waals surface area (Å²) in [6, 6.07) is 7.33. The van der Waals surface area contributed by atoms with Gasteiger partial charge in [-0.2, -0.15) is 5.10 Å². The van der Waals surface area contributed by atoms with E-state index in [0.29, 0.717) is 12.1 Å². The first-order valence-electron chi connectivity index (χ1n) is 7.37. The standard InChI is InChI=1S/C17H12ClF2N3O2/c1-2-23-14-6-3-9(19)7-11(14)16(24)15(22-23)17(25)21-10-4-5-13(20)12(18)8-10/h3-8H,2H2,1H3,(H,21,25). The fraction of sp³-hybridized carbons (Fsp3) is 0.118. The molecule has 0 saturated heterocycles. The fourth-order valence-electron chi connectivity index (χ4n) is 2.42. The lowest BCUT2D eigenvalue weighted by molar-refractivity contribution is 0.101. The first kappa shape index (κ1) is 17.0. The van der Waals surface area contributed by atoms with Gasteiger partial charge >= 0.3 is 0 Å². The van der Waals surface area contributed by atoms with Gasteiger partial charge in [-0.3, -0.25) is 14.3 Å². The third-order valence-corrected chi connectivity index (χ3v) is 3.90. The molecule has 5 nitrogen and oxygen atoms in total. The Balaban J connectivity index is 2.08. The lowest BCUT2D eigenvalue weighted by Gasteiger charge is -2.11. The highest BCUT2D eigenvalue weighted by Gasteiger charge is 2.18. The molecule has 128 valence electrons. The molecular formula is C17H12ClF2N3O2. The van der Waals surface area contributed by atoms with Crippen LogP contribution in [0.1, 0.15) is 17.4 Å². The number of carbonyl (C=O) groups excluding carboxylic acids is 1. The Hall–Kier alpha value is -2.80. The average molecular weight is 364 g/mol. The van der Waals surface area contributed by atoms with Crippen molar-refractivity contribution in [2.45, 2.75) is 13.5 Å². The van der Waals surface area contributed by atoms with Gasteiger partial charge in [-0.05, 0) is 43.3 Å². The Labute approximate surface area is 145 Å². The maximum absolute atomic E-state index is 13.5. The highest BCUT2D eigenvalue weighted by Crippen LogP contribution is 2.20. The Morgan fingerprint density at radius 1 is 1.24 bits per heavy atom. The van der Waals surface area contributed by atoms with E-state index in [0.717, 1.165) is 12.1 Å². The summed E-state index contributed by atoms with van der Waals surface area (Å²) in [4.78, 5) is 24.9. The van der Waals surface area contributed by atoms with Crippen molar-refractivity contribution in [2.75, 3.05) is 5.32 Å². The molecule has 0 fully saturated rings. The second kappa shape index (κ2) is 6.60. The summed E-state index contributed by atoms with van der Waals surface area (Å²) in [5.74, 6) is -2.01. The summed E-state index contributed by atoms with van der Waals surface area (Å²) in [6.45, 7) is 2.16. The second-order valence-corrected chi connectivity index (χ2v) is 5.65. The molecule has 8 heteroatoms. The zero-order chi connectivity index (χ0) is 18.1. The van der Waals surface area contributed by atoms with Crippen molar-refractivity contribution in [3.8, 4) is 0 Å². The van der Waals surface area contributed by atoms with Crippen molar-refractivity contribution in [1.82, 2.24) is 9.78 Å².